The molecule has 0 spiro atoms. The molecule has 1 heterocycles. The molecule has 43 heavy (non-hydrogen) atoms. The lowest BCUT2D eigenvalue weighted by Gasteiger charge is -2.19. The second kappa shape index (κ2) is 15.9. The number of carbonyl (C=O) groups excluding carboxylic acids is 3. The topological polar surface area (TPSA) is 82.1 Å². The number of hydrogen-bond acceptors (Lipinski definition) is 6. The molecule has 0 saturated carbocycles. The van der Waals surface area contributed by atoms with Gasteiger partial charge in [0.2, 0.25) is 5.91 Å². The lowest BCUT2D eigenvalue weighted by molar-refractivity contribution is -0.127. The predicted octanol–water partition coefficient (Wildman–Crippen LogP) is 6.21. The molecule has 0 radical (unpaired) electrons. The lowest BCUT2D eigenvalue weighted by Crippen LogP contribution is -2.26. The van der Waals surface area contributed by atoms with E-state index in [1.807, 2.05) is 29.2 Å². The van der Waals surface area contributed by atoms with Crippen molar-refractivity contribution >= 4 is 17.8 Å². The van der Waals surface area contributed by atoms with Gasteiger partial charge in [-0.25, -0.2) is 14.0 Å². The maximum atomic E-state index is 14.3. The van der Waals surface area contributed by atoms with Crippen LogP contribution in [0.4, 0.5) is 4.39 Å². The number of halogens is 1. The number of esters is 2. The number of aryl methyl sites for hydroxylation is 2. The molecule has 8 heteroatoms. The van der Waals surface area contributed by atoms with E-state index in [2.05, 4.69) is 0 Å². The third-order valence-electron chi connectivity index (χ3n) is 7.96. The fraction of sp³-hybridized carbons (Fsp3) is 0.400. The van der Waals surface area contributed by atoms with Gasteiger partial charge in [0.25, 0.3) is 0 Å². The fourth-order valence-electron chi connectivity index (χ4n) is 5.49. The van der Waals surface area contributed by atoms with Gasteiger partial charge in [0, 0.05) is 19.5 Å². The Morgan fingerprint density at radius 1 is 0.860 bits per heavy atom. The highest BCUT2D eigenvalue weighted by Gasteiger charge is 2.19. The molecule has 0 aromatic heterocycles. The summed E-state index contributed by atoms with van der Waals surface area (Å²) in [6.07, 6.45) is 6.19. The molecular formula is C35H40FNO6. The van der Waals surface area contributed by atoms with Crippen LogP contribution in [-0.2, 0) is 33.5 Å². The summed E-state index contributed by atoms with van der Waals surface area (Å²) in [7, 11) is 2.73. The maximum absolute atomic E-state index is 14.3. The number of likely N-dealkylation sites (tertiary alicyclic amines) is 1. The Hall–Kier alpha value is -4.20. The SMILES string of the molecule is COC(=O)c1ccc(CCC(CCc2cc(F)ccc2OCCCN2CCCC2=O)Cc2ccc(C(=O)OC)cc2)cc1. The van der Waals surface area contributed by atoms with Crippen molar-refractivity contribution in [2.45, 2.75) is 51.4 Å². The average molecular weight is 590 g/mol. The average Bonchev–Trinajstić information content (AvgIpc) is 3.45. The van der Waals surface area contributed by atoms with Gasteiger partial charge in [-0.05, 0) is 110 Å². The van der Waals surface area contributed by atoms with Crippen LogP contribution in [0.25, 0.3) is 0 Å². The van der Waals surface area contributed by atoms with Crippen molar-refractivity contribution in [3.8, 4) is 5.75 Å². The molecular weight excluding hydrogens is 549 g/mol. The van der Waals surface area contributed by atoms with E-state index in [4.69, 9.17) is 14.2 Å². The highest BCUT2D eigenvalue weighted by molar-refractivity contribution is 5.89. The number of benzene rings is 3. The lowest BCUT2D eigenvalue weighted by atomic mass is 9.87. The normalized spacial score (nSPS) is 13.6. The number of ether oxygens (including phenoxy) is 3. The van der Waals surface area contributed by atoms with Crippen LogP contribution in [0.1, 0.15) is 69.5 Å². The van der Waals surface area contributed by atoms with Gasteiger partial charge in [-0.15, -0.1) is 0 Å². The Bertz CT molecular complexity index is 1370. The number of rotatable bonds is 15. The minimum Gasteiger partial charge on any atom is -0.493 e. The highest BCUT2D eigenvalue weighted by atomic mass is 19.1. The van der Waals surface area contributed by atoms with Crippen molar-refractivity contribution in [2.75, 3.05) is 33.9 Å². The van der Waals surface area contributed by atoms with E-state index in [-0.39, 0.29) is 29.6 Å². The second-order valence-corrected chi connectivity index (χ2v) is 11.0. The maximum Gasteiger partial charge on any atom is 0.337 e. The van der Waals surface area contributed by atoms with Crippen LogP contribution in [0.3, 0.4) is 0 Å². The Labute approximate surface area is 252 Å². The van der Waals surface area contributed by atoms with Crippen LogP contribution in [-0.4, -0.2) is 56.7 Å². The first-order valence-electron chi connectivity index (χ1n) is 14.9. The van der Waals surface area contributed by atoms with E-state index in [9.17, 15) is 18.8 Å². The zero-order valence-electron chi connectivity index (χ0n) is 25.0. The Morgan fingerprint density at radius 3 is 2.09 bits per heavy atom. The molecule has 1 saturated heterocycles. The van der Waals surface area contributed by atoms with E-state index < -0.39 is 0 Å². The van der Waals surface area contributed by atoms with Crippen molar-refractivity contribution in [2.24, 2.45) is 5.92 Å². The third-order valence-corrected chi connectivity index (χ3v) is 7.96. The smallest absolute Gasteiger partial charge is 0.337 e. The third kappa shape index (κ3) is 9.40. The largest absolute Gasteiger partial charge is 0.493 e. The first-order chi connectivity index (χ1) is 20.9. The molecule has 4 rings (SSSR count). The summed E-state index contributed by atoms with van der Waals surface area (Å²) in [5.41, 5.74) is 4.06. The van der Waals surface area contributed by atoms with Gasteiger partial charge in [-0.3, -0.25) is 4.79 Å². The quantitative estimate of drug-likeness (QED) is 0.155. The number of carbonyl (C=O) groups is 3. The van der Waals surface area contributed by atoms with Crippen LogP contribution in [0, 0.1) is 11.7 Å². The Kier molecular flexibility index (Phi) is 11.7. The van der Waals surface area contributed by atoms with Gasteiger partial charge in [0.15, 0.2) is 0 Å². The first-order valence-corrected chi connectivity index (χ1v) is 14.9. The number of amides is 1. The molecule has 0 aliphatic carbocycles. The molecule has 228 valence electrons. The first kappa shape index (κ1) is 31.7. The molecule has 1 fully saturated rings. The molecule has 0 N–H and O–H groups in total. The molecule has 1 unspecified atom stereocenters. The van der Waals surface area contributed by atoms with Gasteiger partial charge >= 0.3 is 11.9 Å². The molecule has 1 amide bonds. The molecule has 3 aromatic rings. The molecule has 1 aliphatic rings. The number of nitrogens with zero attached hydrogens (tertiary/aromatic N) is 1. The van der Waals surface area contributed by atoms with Crippen molar-refractivity contribution in [3.05, 3.63) is 100 Å². The van der Waals surface area contributed by atoms with Crippen molar-refractivity contribution in [1.29, 1.82) is 0 Å². The Balaban J connectivity index is 1.41. The predicted molar refractivity (Wildman–Crippen MR) is 162 cm³/mol. The van der Waals surface area contributed by atoms with E-state index in [0.717, 1.165) is 61.8 Å². The van der Waals surface area contributed by atoms with Crippen molar-refractivity contribution in [3.63, 3.8) is 0 Å². The summed E-state index contributed by atoms with van der Waals surface area (Å²) < 4.78 is 30.0. The molecule has 3 aromatic carbocycles. The molecule has 0 bridgehead atoms. The number of hydrogen-bond donors (Lipinski definition) is 0. The van der Waals surface area contributed by atoms with Crippen LogP contribution >= 0.6 is 0 Å². The van der Waals surface area contributed by atoms with Crippen molar-refractivity contribution in [1.82, 2.24) is 4.90 Å². The van der Waals surface area contributed by atoms with Crippen LogP contribution in [0.5, 0.6) is 5.75 Å². The van der Waals surface area contributed by atoms with E-state index in [0.29, 0.717) is 42.9 Å². The fourth-order valence-corrected chi connectivity index (χ4v) is 5.49. The summed E-state index contributed by atoms with van der Waals surface area (Å²) in [5, 5.41) is 0. The Morgan fingerprint density at radius 2 is 1.49 bits per heavy atom. The van der Waals surface area contributed by atoms with Crippen molar-refractivity contribution < 1.29 is 33.0 Å². The van der Waals surface area contributed by atoms with Gasteiger partial charge in [-0.1, -0.05) is 24.3 Å². The van der Waals surface area contributed by atoms with E-state index in [1.165, 1.54) is 20.3 Å². The van der Waals surface area contributed by atoms with Gasteiger partial charge in [-0.2, -0.15) is 0 Å². The minimum absolute atomic E-state index is 0.202. The summed E-state index contributed by atoms with van der Waals surface area (Å²) in [6.45, 7) is 1.94. The zero-order chi connectivity index (χ0) is 30.6. The van der Waals surface area contributed by atoms with Crippen LogP contribution in [0.15, 0.2) is 66.7 Å². The zero-order valence-corrected chi connectivity index (χ0v) is 25.0. The highest BCUT2D eigenvalue weighted by Crippen LogP contribution is 2.27. The van der Waals surface area contributed by atoms with Gasteiger partial charge in [0.1, 0.15) is 11.6 Å². The summed E-state index contributed by atoms with van der Waals surface area (Å²) in [5.74, 6) is 0.107. The van der Waals surface area contributed by atoms with Crippen LogP contribution in [0.2, 0.25) is 0 Å². The van der Waals surface area contributed by atoms with Gasteiger partial charge < -0.3 is 19.1 Å². The number of methoxy groups -OCH3 is 2. The molecule has 1 aliphatic heterocycles. The van der Waals surface area contributed by atoms with Crippen LogP contribution < -0.4 is 4.74 Å². The summed E-state index contributed by atoms with van der Waals surface area (Å²) in [6, 6.07) is 19.6. The monoisotopic (exact) mass is 589 g/mol. The summed E-state index contributed by atoms with van der Waals surface area (Å²) >= 11 is 0. The van der Waals surface area contributed by atoms with Gasteiger partial charge in [0.05, 0.1) is 32.0 Å². The second-order valence-electron chi connectivity index (χ2n) is 11.0. The van der Waals surface area contributed by atoms with E-state index >= 15 is 0 Å². The summed E-state index contributed by atoms with van der Waals surface area (Å²) in [4.78, 5) is 37.4. The molecule has 7 nitrogen and oxygen atoms in total. The molecule has 1 atom stereocenters. The standard InChI is InChI=1S/C35H40FNO6/c1-41-34(39)28-13-8-25(9-14-28)6-7-26(23-27-10-15-29(16-11-27)35(40)42-2)12-17-30-24-31(36)18-19-32(30)43-22-4-21-37-20-3-5-33(37)38/h8-11,13-16,18-19,24,26H,3-7,12,17,20-23H2,1-2H3. The minimum atomic E-state index is -0.371. The van der Waals surface area contributed by atoms with E-state index in [1.54, 1.807) is 36.4 Å².